The van der Waals surface area contributed by atoms with Crippen LogP contribution >= 0.6 is 0 Å². The van der Waals surface area contributed by atoms with Crippen LogP contribution in [-0.2, 0) is 33.2 Å². The number of benzene rings is 2. The van der Waals surface area contributed by atoms with Gasteiger partial charge in [-0.05, 0) is 105 Å². The quantitative estimate of drug-likeness (QED) is 0.246. The maximum atomic E-state index is 14.1. The molecule has 7 aliphatic heterocycles. The van der Waals surface area contributed by atoms with Gasteiger partial charge < -0.3 is 28.4 Å². The van der Waals surface area contributed by atoms with Crippen molar-refractivity contribution in [2.45, 2.75) is 81.3 Å². The van der Waals surface area contributed by atoms with Gasteiger partial charge in [-0.15, -0.1) is 0 Å². The van der Waals surface area contributed by atoms with Crippen molar-refractivity contribution in [3.8, 4) is 11.5 Å². The van der Waals surface area contributed by atoms with Crippen molar-refractivity contribution in [2.75, 3.05) is 52.9 Å². The zero-order chi connectivity index (χ0) is 35.5. The molecule has 4 saturated heterocycles. The van der Waals surface area contributed by atoms with Crippen molar-refractivity contribution in [3.63, 3.8) is 0 Å². The van der Waals surface area contributed by atoms with Crippen LogP contribution in [0.25, 0.3) is 10.9 Å². The SMILES string of the molecule is C/C=C1/CN2CCC34c5cc6c(cc5N(C)[C@H]3[C@@H]2CC1[C@H]4C(=O)OC)O[C@@H]1OC[C@@H]2[C@@H](C[C@H]3c4c(c5cc(OC)ccc5n4C)C[C@@H]2N3C)[C@@H]1[C@H]6C. The Bertz CT molecular complexity index is 2070. The maximum absolute atomic E-state index is 14.1. The smallest absolute Gasteiger partial charge is 0.310 e. The lowest BCUT2D eigenvalue weighted by Gasteiger charge is -2.63. The number of aromatic nitrogens is 1. The molecule has 1 aromatic heterocycles. The third-order valence-corrected chi connectivity index (χ3v) is 16.2. The summed E-state index contributed by atoms with van der Waals surface area (Å²) in [5, 5.41) is 1.33. The van der Waals surface area contributed by atoms with Gasteiger partial charge in [-0.2, -0.15) is 0 Å². The Morgan fingerprint density at radius 3 is 2.69 bits per heavy atom. The average molecular weight is 705 g/mol. The molecule has 8 aliphatic rings. The second kappa shape index (κ2) is 10.8. The summed E-state index contributed by atoms with van der Waals surface area (Å²) in [5.41, 5.74) is 9.22. The molecular formula is C43H52N4O5. The van der Waals surface area contributed by atoms with Gasteiger partial charge >= 0.3 is 5.97 Å². The molecule has 274 valence electrons. The fourth-order valence-electron chi connectivity index (χ4n) is 14.0. The van der Waals surface area contributed by atoms with Crippen LogP contribution in [-0.4, -0.2) is 92.8 Å². The molecule has 1 aliphatic carbocycles. The lowest BCUT2D eigenvalue weighted by atomic mass is 9.50. The number of methoxy groups -OCH3 is 2. The Kier molecular flexibility index (Phi) is 6.63. The van der Waals surface area contributed by atoms with Crippen molar-refractivity contribution < 1.29 is 23.7 Å². The highest BCUT2D eigenvalue weighted by atomic mass is 16.7. The van der Waals surface area contributed by atoms with Crippen molar-refractivity contribution in [2.24, 2.45) is 36.6 Å². The number of carbonyl (C=O) groups is 1. The number of piperidine rings is 3. The number of carbonyl (C=O) groups excluding carboxylic acids is 1. The molecule has 3 aromatic rings. The monoisotopic (exact) mass is 704 g/mol. The van der Waals surface area contributed by atoms with E-state index in [0.29, 0.717) is 30.0 Å². The lowest BCUT2D eigenvalue weighted by Crippen LogP contribution is -2.72. The zero-order valence-electron chi connectivity index (χ0n) is 31.6. The molecule has 9 heteroatoms. The summed E-state index contributed by atoms with van der Waals surface area (Å²) in [5.74, 6) is 3.30. The van der Waals surface area contributed by atoms with Crippen LogP contribution < -0.4 is 14.4 Å². The topological polar surface area (TPSA) is 68.6 Å². The number of likely N-dealkylation sites (N-methyl/N-ethyl adjacent to an activating group) is 2. The Morgan fingerprint density at radius 2 is 1.90 bits per heavy atom. The molecule has 12 atom stereocenters. The number of ether oxygens (including phenoxy) is 4. The number of fused-ring (bicyclic) bond motifs is 13. The minimum atomic E-state index is -0.286. The molecule has 0 radical (unpaired) electrons. The van der Waals surface area contributed by atoms with E-state index < -0.39 is 0 Å². The van der Waals surface area contributed by atoms with Crippen molar-refractivity contribution in [3.05, 3.63) is 64.4 Å². The van der Waals surface area contributed by atoms with Crippen LogP contribution in [0.2, 0.25) is 0 Å². The van der Waals surface area contributed by atoms with Gasteiger partial charge in [0.1, 0.15) is 11.5 Å². The lowest BCUT2D eigenvalue weighted by molar-refractivity contribution is -0.221. The predicted molar refractivity (Wildman–Crippen MR) is 199 cm³/mol. The van der Waals surface area contributed by atoms with E-state index in [4.69, 9.17) is 18.9 Å². The molecular weight excluding hydrogens is 652 g/mol. The number of aryl methyl sites for hydroxylation is 1. The van der Waals surface area contributed by atoms with Gasteiger partial charge in [-0.25, -0.2) is 0 Å². The Morgan fingerprint density at radius 1 is 1.06 bits per heavy atom. The molecule has 52 heavy (non-hydrogen) atoms. The Labute approximate surface area is 306 Å². The number of anilines is 1. The summed E-state index contributed by atoms with van der Waals surface area (Å²) in [6.45, 7) is 7.28. The summed E-state index contributed by atoms with van der Waals surface area (Å²) < 4.78 is 27.6. The van der Waals surface area contributed by atoms with Crippen LogP contribution in [0.3, 0.4) is 0 Å². The van der Waals surface area contributed by atoms with Crippen molar-refractivity contribution in [1.82, 2.24) is 14.4 Å². The summed E-state index contributed by atoms with van der Waals surface area (Å²) in [4.78, 5) is 21.9. The van der Waals surface area contributed by atoms with E-state index in [1.165, 1.54) is 44.5 Å². The molecule has 11 rings (SSSR count). The number of hydrogen-bond acceptors (Lipinski definition) is 8. The highest BCUT2D eigenvalue weighted by Crippen LogP contribution is 2.65. The van der Waals surface area contributed by atoms with E-state index >= 15 is 0 Å². The van der Waals surface area contributed by atoms with Gasteiger partial charge in [0.25, 0.3) is 0 Å². The fourth-order valence-corrected chi connectivity index (χ4v) is 14.0. The maximum Gasteiger partial charge on any atom is 0.310 e. The first-order valence-electron chi connectivity index (χ1n) is 19.7. The van der Waals surface area contributed by atoms with Gasteiger partial charge in [0.05, 0.1) is 38.8 Å². The predicted octanol–water partition coefficient (Wildman–Crippen LogP) is 5.79. The third kappa shape index (κ3) is 3.73. The molecule has 8 heterocycles. The van der Waals surface area contributed by atoms with Crippen LogP contribution in [0.1, 0.15) is 67.5 Å². The average Bonchev–Trinajstić information content (AvgIpc) is 3.57. The number of allylic oxidation sites excluding steroid dienone is 1. The molecule has 5 fully saturated rings. The third-order valence-electron chi connectivity index (χ3n) is 16.2. The molecule has 5 bridgehead atoms. The normalized spacial score (nSPS) is 40.3. The van der Waals surface area contributed by atoms with E-state index in [2.05, 4.69) is 90.7 Å². The van der Waals surface area contributed by atoms with E-state index in [9.17, 15) is 4.79 Å². The number of rotatable bonds is 2. The van der Waals surface area contributed by atoms with E-state index in [-0.39, 0.29) is 47.4 Å². The highest BCUT2D eigenvalue weighted by molar-refractivity contribution is 5.87. The summed E-state index contributed by atoms with van der Waals surface area (Å²) >= 11 is 0. The molecule has 9 nitrogen and oxygen atoms in total. The van der Waals surface area contributed by atoms with E-state index in [1.54, 1.807) is 14.2 Å². The molecule has 2 unspecified atom stereocenters. The molecule has 0 amide bonds. The minimum absolute atomic E-state index is 0.0426. The fraction of sp³-hybridized carbons (Fsp3) is 0.605. The zero-order valence-corrected chi connectivity index (χ0v) is 31.6. The highest BCUT2D eigenvalue weighted by Gasteiger charge is 2.69. The van der Waals surface area contributed by atoms with Crippen LogP contribution in [0.4, 0.5) is 5.69 Å². The largest absolute Gasteiger partial charge is 0.497 e. The number of nitrogens with zero attached hydrogens (tertiary/aromatic N) is 4. The minimum Gasteiger partial charge on any atom is -0.497 e. The Balaban J connectivity index is 1.00. The summed E-state index contributed by atoms with van der Waals surface area (Å²) in [6.07, 6.45) is 6.12. The van der Waals surface area contributed by atoms with Crippen molar-refractivity contribution in [1.29, 1.82) is 0 Å². The second-order valence-electron chi connectivity index (χ2n) is 17.5. The molecule has 0 N–H and O–H groups in total. The van der Waals surface area contributed by atoms with E-state index in [0.717, 1.165) is 56.9 Å². The van der Waals surface area contributed by atoms with Gasteiger partial charge in [-0.3, -0.25) is 14.6 Å². The van der Waals surface area contributed by atoms with Crippen LogP contribution in [0.5, 0.6) is 11.5 Å². The van der Waals surface area contributed by atoms with Gasteiger partial charge in [0, 0.05) is 78.3 Å². The summed E-state index contributed by atoms with van der Waals surface area (Å²) in [7, 11) is 10.2. The van der Waals surface area contributed by atoms with Crippen LogP contribution in [0, 0.1) is 29.6 Å². The van der Waals surface area contributed by atoms with Crippen LogP contribution in [0.15, 0.2) is 42.0 Å². The molecule has 0 spiro atoms. The van der Waals surface area contributed by atoms with Gasteiger partial charge in [0.15, 0.2) is 0 Å². The van der Waals surface area contributed by atoms with Gasteiger partial charge in [0.2, 0.25) is 6.29 Å². The first-order valence-corrected chi connectivity index (χ1v) is 19.7. The number of esters is 1. The van der Waals surface area contributed by atoms with Crippen molar-refractivity contribution >= 4 is 22.6 Å². The standard InChI is InChI=1S/C43H52N4O5/c1-8-22-19-47-12-11-43-30-14-24-21(2)37-27-16-34-39-28(26-13-23(49-6)9-10-31(26)45(39)4)17-32(44(34)3)29(27)20-51-42(37)52-36(24)18-33(30)46(5)40(43)35(47)15-25(22)38(43)41(48)50-7/h8-10,13-14,18,21,25,27,29,32,34-35,37-38,40,42H,11-12,15-17,19-20H2,1-7H3/b22-8-/t21-,25?,27+,29+,32-,34-,35-,37-,38-,40-,42-,43?/m0/s1. The second-order valence-corrected chi connectivity index (χ2v) is 17.5. The first kappa shape index (κ1) is 31.9. The summed E-state index contributed by atoms with van der Waals surface area (Å²) in [6, 6.07) is 12.8. The molecule has 2 aromatic carbocycles. The van der Waals surface area contributed by atoms with Gasteiger partial charge in [-0.1, -0.05) is 18.6 Å². The molecule has 1 saturated carbocycles. The first-order chi connectivity index (χ1) is 25.2. The van der Waals surface area contributed by atoms with E-state index in [1.807, 2.05) is 0 Å². The number of hydrogen-bond donors (Lipinski definition) is 0. The Hall–Kier alpha value is -3.53.